The van der Waals surface area contributed by atoms with E-state index in [1.807, 2.05) is 0 Å². The summed E-state index contributed by atoms with van der Waals surface area (Å²) in [4.78, 5) is 2.62. The predicted molar refractivity (Wildman–Crippen MR) is 216 cm³/mol. The minimum absolute atomic E-state index is 0.113. The molecular formula is C51H43NO. The maximum Gasteiger partial charge on any atom is 0.135 e. The Bertz CT molecular complexity index is 2640. The van der Waals surface area contributed by atoms with Gasteiger partial charge in [-0.3, -0.25) is 0 Å². The van der Waals surface area contributed by atoms with Crippen molar-refractivity contribution < 1.29 is 4.42 Å². The largest absolute Gasteiger partial charge is 0.456 e. The summed E-state index contributed by atoms with van der Waals surface area (Å²) in [7, 11) is 0. The second kappa shape index (κ2) is 10.3. The molecule has 1 heterocycles. The number of para-hydroxylation sites is 1. The monoisotopic (exact) mass is 685 g/mol. The number of nitrogens with zero attached hydrogens (tertiary/aromatic N) is 1. The lowest BCUT2D eigenvalue weighted by atomic mass is 9.43. The summed E-state index contributed by atoms with van der Waals surface area (Å²) in [6.07, 6.45) is 12.1. The van der Waals surface area contributed by atoms with Crippen molar-refractivity contribution in [3.63, 3.8) is 0 Å². The molecule has 7 aliphatic carbocycles. The fourth-order valence-electron chi connectivity index (χ4n) is 13.7. The molecule has 0 unspecified atom stereocenters. The van der Waals surface area contributed by atoms with Crippen molar-refractivity contribution >= 4 is 39.0 Å². The van der Waals surface area contributed by atoms with Crippen LogP contribution in [0.25, 0.3) is 44.2 Å². The van der Waals surface area contributed by atoms with E-state index in [4.69, 9.17) is 4.42 Å². The summed E-state index contributed by atoms with van der Waals surface area (Å²) < 4.78 is 6.39. The van der Waals surface area contributed by atoms with Gasteiger partial charge in [0.1, 0.15) is 11.2 Å². The Balaban J connectivity index is 1.08. The average Bonchev–Trinajstić information content (AvgIpc) is 3.96. The third kappa shape index (κ3) is 3.66. The van der Waals surface area contributed by atoms with E-state index in [2.05, 4.69) is 132 Å². The zero-order chi connectivity index (χ0) is 34.5. The number of fused-ring (bicyclic) bond motifs is 11. The lowest BCUT2D eigenvalue weighted by Crippen LogP contribution is -2.55. The number of benzene rings is 6. The number of hydrogen-bond donors (Lipinski definition) is 0. The highest BCUT2D eigenvalue weighted by molar-refractivity contribution is 6.07. The molecule has 0 aliphatic heterocycles. The number of furan rings is 1. The number of anilines is 3. The van der Waals surface area contributed by atoms with Gasteiger partial charge in [0.2, 0.25) is 0 Å². The van der Waals surface area contributed by atoms with Crippen LogP contribution in [0.4, 0.5) is 17.1 Å². The topological polar surface area (TPSA) is 16.4 Å². The van der Waals surface area contributed by atoms with Crippen LogP contribution in [-0.2, 0) is 10.8 Å². The van der Waals surface area contributed by atoms with Crippen molar-refractivity contribution in [1.29, 1.82) is 0 Å². The van der Waals surface area contributed by atoms with Gasteiger partial charge in [-0.15, -0.1) is 0 Å². The lowest BCUT2D eigenvalue weighted by molar-refractivity contribution is -0.0399. The molecule has 2 nitrogen and oxygen atoms in total. The fourth-order valence-corrected chi connectivity index (χ4v) is 13.7. The highest BCUT2D eigenvalue weighted by atomic mass is 16.3. The van der Waals surface area contributed by atoms with E-state index < -0.39 is 0 Å². The summed E-state index contributed by atoms with van der Waals surface area (Å²) in [6, 6.07) is 49.1. The molecule has 1 aromatic heterocycles. The van der Waals surface area contributed by atoms with E-state index in [9.17, 15) is 0 Å². The maximum absolute atomic E-state index is 6.39. The molecule has 6 aromatic carbocycles. The van der Waals surface area contributed by atoms with Crippen LogP contribution in [0.15, 0.2) is 132 Å². The average molecular weight is 686 g/mol. The molecular weight excluding hydrogens is 643 g/mol. The standard InChI is InChI=1S/C51H43NO/c1-5-14-43-37(10-1)38-20-18-36(30-45(38)51(43)33-25-31-24-32(27-33)28-34(51)26-31)52(35-19-21-48-41(29-35)39-11-3-6-17-47(39)53-48)46-16-9-15-44-49(46)40-12-2-4-13-42(40)50(44)22-7-8-23-50/h1-6,9-21,29-34H,7-8,22-28H2. The molecule has 0 atom stereocenters. The second-order valence-electron chi connectivity index (χ2n) is 17.6. The van der Waals surface area contributed by atoms with Gasteiger partial charge in [-0.25, -0.2) is 0 Å². The van der Waals surface area contributed by atoms with Crippen molar-refractivity contribution in [2.24, 2.45) is 23.7 Å². The molecule has 4 bridgehead atoms. The van der Waals surface area contributed by atoms with Crippen LogP contribution in [0.3, 0.4) is 0 Å². The zero-order valence-corrected chi connectivity index (χ0v) is 30.2. The molecule has 2 heteroatoms. The van der Waals surface area contributed by atoms with Gasteiger partial charge in [0.15, 0.2) is 0 Å². The first-order valence-electron chi connectivity index (χ1n) is 20.4. The first-order valence-corrected chi connectivity index (χ1v) is 20.4. The van der Waals surface area contributed by atoms with Crippen molar-refractivity contribution in [2.75, 3.05) is 4.90 Å². The van der Waals surface area contributed by atoms with Crippen LogP contribution >= 0.6 is 0 Å². The summed E-state index contributed by atoms with van der Waals surface area (Å²) in [6.45, 7) is 0. The Kier molecular flexibility index (Phi) is 5.72. The van der Waals surface area contributed by atoms with Crippen LogP contribution in [0.2, 0.25) is 0 Å². The van der Waals surface area contributed by atoms with Crippen LogP contribution in [0, 0.1) is 23.7 Å². The van der Waals surface area contributed by atoms with Crippen molar-refractivity contribution in [2.45, 2.75) is 68.6 Å². The lowest BCUT2D eigenvalue weighted by Gasteiger charge is -2.61. The van der Waals surface area contributed by atoms with Crippen molar-refractivity contribution in [3.05, 3.63) is 150 Å². The van der Waals surface area contributed by atoms with Gasteiger partial charge in [0.25, 0.3) is 0 Å². The smallest absolute Gasteiger partial charge is 0.135 e. The SMILES string of the molecule is c1ccc2c(c1)-c1c(N(c3ccc4c(c3)C3(c5ccccc5-4)C4CC5CC(C4)CC3C5)c3ccc4oc5ccccc5c4c3)cccc1C21CCCC1. The van der Waals surface area contributed by atoms with Crippen LogP contribution in [0.5, 0.6) is 0 Å². The summed E-state index contributed by atoms with van der Waals surface area (Å²) in [5, 5.41) is 2.35. The van der Waals surface area contributed by atoms with E-state index >= 15 is 0 Å². The zero-order valence-electron chi connectivity index (χ0n) is 30.2. The summed E-state index contributed by atoms with van der Waals surface area (Å²) in [5.74, 6) is 3.30. The van der Waals surface area contributed by atoms with Crippen molar-refractivity contribution in [1.82, 2.24) is 0 Å². The van der Waals surface area contributed by atoms with Gasteiger partial charge < -0.3 is 9.32 Å². The molecule has 2 spiro atoms. The Morgan fingerprint density at radius 1 is 0.491 bits per heavy atom. The first kappa shape index (κ1) is 29.4. The molecule has 7 aliphatic rings. The Labute approximate surface area is 311 Å². The molecule has 0 N–H and O–H groups in total. The van der Waals surface area contributed by atoms with Crippen LogP contribution in [-0.4, -0.2) is 0 Å². The van der Waals surface area contributed by atoms with Crippen molar-refractivity contribution in [3.8, 4) is 22.3 Å². The highest BCUT2D eigenvalue weighted by Gasteiger charge is 2.61. The minimum atomic E-state index is 0.113. The van der Waals surface area contributed by atoms with Gasteiger partial charge in [-0.05, 0) is 150 Å². The predicted octanol–water partition coefficient (Wildman–Crippen LogP) is 13.6. The highest BCUT2D eigenvalue weighted by Crippen LogP contribution is 2.70. The Morgan fingerprint density at radius 3 is 1.96 bits per heavy atom. The minimum Gasteiger partial charge on any atom is -0.456 e. The molecule has 5 saturated carbocycles. The molecule has 0 radical (unpaired) electrons. The Hall–Kier alpha value is -5.08. The maximum atomic E-state index is 6.39. The second-order valence-corrected chi connectivity index (χ2v) is 17.6. The normalized spacial score (nSPS) is 26.4. The molecule has 7 aromatic rings. The number of rotatable bonds is 3. The van der Waals surface area contributed by atoms with E-state index in [1.54, 1.807) is 11.1 Å². The molecule has 5 fully saturated rings. The van der Waals surface area contributed by atoms with Gasteiger partial charge in [-0.1, -0.05) is 97.8 Å². The molecule has 0 saturated heterocycles. The van der Waals surface area contributed by atoms with Gasteiger partial charge >= 0.3 is 0 Å². The van der Waals surface area contributed by atoms with E-state index in [0.717, 1.165) is 34.8 Å². The van der Waals surface area contributed by atoms with Gasteiger partial charge in [0, 0.05) is 38.5 Å². The van der Waals surface area contributed by atoms with Gasteiger partial charge in [0.05, 0.1) is 5.69 Å². The molecule has 0 amide bonds. The van der Waals surface area contributed by atoms with Crippen LogP contribution in [0.1, 0.15) is 80.0 Å². The van der Waals surface area contributed by atoms with Crippen LogP contribution < -0.4 is 4.90 Å². The summed E-state index contributed by atoms with van der Waals surface area (Å²) >= 11 is 0. The molecule has 258 valence electrons. The van der Waals surface area contributed by atoms with Gasteiger partial charge in [-0.2, -0.15) is 0 Å². The fraction of sp³-hybridized carbons (Fsp3) is 0.294. The molecule has 14 rings (SSSR count). The third-order valence-corrected chi connectivity index (χ3v) is 15.4. The quantitative estimate of drug-likeness (QED) is 0.184. The summed E-state index contributed by atoms with van der Waals surface area (Å²) in [5.41, 5.74) is 18.0. The van der Waals surface area contributed by atoms with E-state index in [0.29, 0.717) is 0 Å². The third-order valence-electron chi connectivity index (χ3n) is 15.4. The number of hydrogen-bond acceptors (Lipinski definition) is 2. The Morgan fingerprint density at radius 2 is 1.13 bits per heavy atom. The van der Waals surface area contributed by atoms with E-state index in [-0.39, 0.29) is 10.8 Å². The van der Waals surface area contributed by atoms with E-state index in [1.165, 1.54) is 119 Å². The first-order chi connectivity index (χ1) is 26.2. The molecule has 53 heavy (non-hydrogen) atoms.